The van der Waals surface area contributed by atoms with Crippen molar-refractivity contribution >= 4 is 18.5 Å². The van der Waals surface area contributed by atoms with Gasteiger partial charge in [0.15, 0.2) is 0 Å². The molecule has 1 amide bonds. The predicted molar refractivity (Wildman–Crippen MR) is 94.7 cm³/mol. The Hall–Kier alpha value is -2.70. The van der Waals surface area contributed by atoms with Gasteiger partial charge in [-0.3, -0.25) is 4.79 Å². The van der Waals surface area contributed by atoms with E-state index in [0.717, 1.165) is 18.0 Å². The van der Waals surface area contributed by atoms with Gasteiger partial charge in [0.05, 0.1) is 38.1 Å². The molecule has 0 saturated heterocycles. The molecule has 29 heavy (non-hydrogen) atoms. The number of rotatable bonds is 6. The zero-order valence-corrected chi connectivity index (χ0v) is 15.2. The zero-order chi connectivity index (χ0) is 21.2. The monoisotopic (exact) mass is 411 g/mol. The molecule has 0 bridgehead atoms. The molecule has 2 aromatic rings. The molecule has 0 saturated carbocycles. The van der Waals surface area contributed by atoms with Crippen LogP contribution in [0.2, 0.25) is 0 Å². The van der Waals surface area contributed by atoms with E-state index in [4.69, 9.17) is 14.5 Å². The van der Waals surface area contributed by atoms with Crippen LogP contribution in [0.3, 0.4) is 0 Å². The minimum atomic E-state index is -4.53. The third-order valence-corrected chi connectivity index (χ3v) is 4.31. The summed E-state index contributed by atoms with van der Waals surface area (Å²) in [6, 6.07) is 1.95. The SMILES string of the molecule is Cc1c(Oc2cnc(C(=O)NC(CO)CC(F)(F)F)cn2)ccc2c1B(O)OC2. The maximum atomic E-state index is 12.4. The lowest BCUT2D eigenvalue weighted by molar-refractivity contribution is -0.141. The van der Waals surface area contributed by atoms with Gasteiger partial charge in [-0.05, 0) is 29.6 Å². The molecule has 2 heterocycles. The Morgan fingerprint density at radius 1 is 1.38 bits per heavy atom. The van der Waals surface area contributed by atoms with Crippen molar-refractivity contribution in [3.63, 3.8) is 0 Å². The number of aromatic nitrogens is 2. The molecule has 1 atom stereocenters. The van der Waals surface area contributed by atoms with Gasteiger partial charge in [-0.15, -0.1) is 0 Å². The summed E-state index contributed by atoms with van der Waals surface area (Å²) < 4.78 is 48.0. The number of amides is 1. The van der Waals surface area contributed by atoms with Gasteiger partial charge in [-0.25, -0.2) is 9.97 Å². The number of ether oxygens (including phenoxy) is 1. The number of aliphatic hydroxyl groups excluding tert-OH is 1. The molecule has 0 aliphatic carbocycles. The molecular formula is C17H17BF3N3O5. The van der Waals surface area contributed by atoms with Crippen molar-refractivity contribution in [1.29, 1.82) is 0 Å². The number of alkyl halides is 3. The Labute approximate surface area is 163 Å². The van der Waals surface area contributed by atoms with Gasteiger partial charge in [-0.2, -0.15) is 13.2 Å². The quantitative estimate of drug-likeness (QED) is 0.604. The van der Waals surface area contributed by atoms with E-state index >= 15 is 0 Å². The normalized spacial score (nSPS) is 14.5. The van der Waals surface area contributed by atoms with Gasteiger partial charge in [-0.1, -0.05) is 6.07 Å². The summed E-state index contributed by atoms with van der Waals surface area (Å²) in [7, 11) is -1.04. The second-order valence-electron chi connectivity index (χ2n) is 6.44. The van der Waals surface area contributed by atoms with E-state index in [1.165, 1.54) is 0 Å². The molecule has 1 unspecified atom stereocenters. The summed E-state index contributed by atoms with van der Waals surface area (Å²) >= 11 is 0. The minimum Gasteiger partial charge on any atom is -0.437 e. The lowest BCUT2D eigenvalue weighted by atomic mass is 9.76. The van der Waals surface area contributed by atoms with Crippen molar-refractivity contribution in [1.82, 2.24) is 15.3 Å². The van der Waals surface area contributed by atoms with Crippen LogP contribution in [0.1, 0.15) is 28.0 Å². The van der Waals surface area contributed by atoms with Crippen LogP contribution in [-0.4, -0.2) is 51.9 Å². The van der Waals surface area contributed by atoms with E-state index in [0.29, 0.717) is 23.4 Å². The van der Waals surface area contributed by atoms with Crippen LogP contribution in [0.5, 0.6) is 11.6 Å². The van der Waals surface area contributed by atoms with Gasteiger partial charge in [0.25, 0.3) is 5.91 Å². The van der Waals surface area contributed by atoms with Gasteiger partial charge in [0.2, 0.25) is 5.88 Å². The van der Waals surface area contributed by atoms with Crippen LogP contribution in [0.25, 0.3) is 0 Å². The average molecular weight is 411 g/mol. The van der Waals surface area contributed by atoms with Crippen LogP contribution in [0.4, 0.5) is 13.2 Å². The highest BCUT2D eigenvalue weighted by Gasteiger charge is 2.33. The molecule has 3 rings (SSSR count). The highest BCUT2D eigenvalue weighted by Crippen LogP contribution is 2.26. The summed E-state index contributed by atoms with van der Waals surface area (Å²) in [4.78, 5) is 19.8. The first-order chi connectivity index (χ1) is 13.7. The summed E-state index contributed by atoms with van der Waals surface area (Å²) in [5.41, 5.74) is 1.89. The zero-order valence-electron chi connectivity index (χ0n) is 15.2. The Morgan fingerprint density at radius 3 is 2.76 bits per heavy atom. The van der Waals surface area contributed by atoms with E-state index in [1.807, 2.05) is 0 Å². The highest BCUT2D eigenvalue weighted by atomic mass is 19.4. The van der Waals surface area contributed by atoms with E-state index < -0.39 is 38.3 Å². The number of halogens is 3. The van der Waals surface area contributed by atoms with Crippen LogP contribution in [0.15, 0.2) is 24.5 Å². The lowest BCUT2D eigenvalue weighted by Crippen LogP contribution is -2.40. The van der Waals surface area contributed by atoms with Crippen molar-refractivity contribution < 1.29 is 37.5 Å². The van der Waals surface area contributed by atoms with Crippen LogP contribution >= 0.6 is 0 Å². The molecule has 0 spiro atoms. The number of fused-ring (bicyclic) bond motifs is 1. The number of benzene rings is 1. The molecule has 1 aliphatic rings. The number of hydrogen-bond acceptors (Lipinski definition) is 7. The summed E-state index contributed by atoms with van der Waals surface area (Å²) in [6.07, 6.45) is -3.70. The van der Waals surface area contributed by atoms with E-state index in [1.54, 1.807) is 19.1 Å². The lowest BCUT2D eigenvalue weighted by Gasteiger charge is -2.17. The standard InChI is InChI=1S/C17H17BF3N3O5/c1-9-13(3-2-10-8-28-18(27)15(9)10)29-14-6-22-12(5-23-14)16(26)24-11(7-25)4-17(19,20)21/h2-3,5-6,11,25,27H,4,7-8H2,1H3,(H,24,26). The van der Waals surface area contributed by atoms with Crippen LogP contribution < -0.4 is 15.5 Å². The molecule has 3 N–H and O–H groups in total. The van der Waals surface area contributed by atoms with Crippen molar-refractivity contribution in [3.8, 4) is 11.6 Å². The maximum absolute atomic E-state index is 12.4. The Bertz CT molecular complexity index is 895. The molecule has 154 valence electrons. The number of hydrogen-bond donors (Lipinski definition) is 3. The second-order valence-corrected chi connectivity index (χ2v) is 6.44. The number of aliphatic hydroxyl groups is 1. The van der Waals surface area contributed by atoms with Crippen LogP contribution in [0, 0.1) is 6.92 Å². The first-order valence-electron chi connectivity index (χ1n) is 8.58. The van der Waals surface area contributed by atoms with Crippen molar-refractivity contribution in [3.05, 3.63) is 41.3 Å². The second kappa shape index (κ2) is 8.35. The fourth-order valence-corrected chi connectivity index (χ4v) is 2.90. The van der Waals surface area contributed by atoms with E-state index in [9.17, 15) is 23.0 Å². The molecule has 0 radical (unpaired) electrons. The molecule has 1 aliphatic heterocycles. The Kier molecular flexibility index (Phi) is 6.06. The summed E-state index contributed by atoms with van der Waals surface area (Å²) in [6.45, 7) is 1.18. The predicted octanol–water partition coefficient (Wildman–Crippen LogP) is 0.838. The van der Waals surface area contributed by atoms with Gasteiger partial charge < -0.3 is 24.8 Å². The first kappa shape index (κ1) is 21.0. The third-order valence-electron chi connectivity index (χ3n) is 4.31. The van der Waals surface area contributed by atoms with Crippen LogP contribution in [-0.2, 0) is 11.3 Å². The summed E-state index contributed by atoms with van der Waals surface area (Å²) in [5, 5.41) is 20.9. The molecular weight excluding hydrogens is 394 g/mol. The smallest absolute Gasteiger partial charge is 0.437 e. The third kappa shape index (κ3) is 5.02. The summed E-state index contributed by atoms with van der Waals surface area (Å²) in [5.74, 6) is -0.446. The number of carbonyl (C=O) groups excluding carboxylic acids is 1. The topological polar surface area (TPSA) is 114 Å². The maximum Gasteiger partial charge on any atom is 0.492 e. The van der Waals surface area contributed by atoms with Crippen molar-refractivity contribution in [2.75, 3.05) is 6.61 Å². The number of carbonyl (C=O) groups is 1. The molecule has 1 aromatic heterocycles. The van der Waals surface area contributed by atoms with Gasteiger partial charge in [0, 0.05) is 0 Å². The molecule has 8 nitrogen and oxygen atoms in total. The number of nitrogens with zero attached hydrogens (tertiary/aromatic N) is 2. The first-order valence-corrected chi connectivity index (χ1v) is 8.58. The van der Waals surface area contributed by atoms with Crippen molar-refractivity contribution in [2.24, 2.45) is 0 Å². The molecule has 0 fully saturated rings. The fourth-order valence-electron chi connectivity index (χ4n) is 2.90. The van der Waals surface area contributed by atoms with Gasteiger partial charge in [0.1, 0.15) is 11.4 Å². The number of nitrogens with one attached hydrogen (secondary N) is 1. The van der Waals surface area contributed by atoms with Crippen molar-refractivity contribution in [2.45, 2.75) is 32.2 Å². The highest BCUT2D eigenvalue weighted by molar-refractivity contribution is 6.62. The van der Waals surface area contributed by atoms with E-state index in [2.05, 4.69) is 15.3 Å². The minimum absolute atomic E-state index is 0.0482. The van der Waals surface area contributed by atoms with Gasteiger partial charge >= 0.3 is 13.3 Å². The molecule has 1 aromatic carbocycles. The largest absolute Gasteiger partial charge is 0.492 e. The average Bonchev–Trinajstić information content (AvgIpc) is 3.04. The Morgan fingerprint density at radius 2 is 2.14 bits per heavy atom. The van der Waals surface area contributed by atoms with E-state index in [-0.39, 0.29) is 11.6 Å². The Balaban J connectivity index is 1.68. The molecule has 12 heteroatoms. The fraction of sp³-hybridized carbons (Fsp3) is 0.353.